The van der Waals surface area contributed by atoms with Gasteiger partial charge in [0, 0.05) is 12.8 Å². The Hall–Kier alpha value is -1.71. The van der Waals surface area contributed by atoms with Crippen molar-refractivity contribution in [2.24, 2.45) is 0 Å². The number of rotatable bonds is 47. The first-order chi connectivity index (χ1) is 28.6. The number of unbranched alkanes of at least 4 members (excludes halogenated alkanes) is 32. The predicted octanol–water partition coefficient (Wildman–Crippen LogP) is 12.3. The van der Waals surface area contributed by atoms with Gasteiger partial charge in [-0.15, -0.1) is 0 Å². The van der Waals surface area contributed by atoms with Crippen LogP contribution in [0, 0.1) is 0 Å². The second-order valence-electron chi connectivity index (χ2n) is 18.5. The standard InChI is InChI=1S/C50H97NO8/c1-6-8-10-12-14-16-18-20-22-23-24-25-27-29-31-33-35-37-39-41-48(53)59-46(45-58-50(49(54)55)56-43-42-51(3,4)5)44-57-47(52)40-38-36-34-32-30-28-26-21-19-17-15-13-11-9-7-2/h46,50H,6-45H2,1-5H3. The van der Waals surface area contributed by atoms with E-state index in [-0.39, 0.29) is 32.2 Å². The van der Waals surface area contributed by atoms with E-state index in [1.807, 2.05) is 21.1 Å². The Balaban J connectivity index is 4.30. The number of carbonyl (C=O) groups excluding carboxylic acids is 3. The molecule has 0 aromatic rings. The second-order valence-corrected chi connectivity index (χ2v) is 18.5. The number of carboxylic acid groups (broad SMARTS) is 1. The first-order valence-corrected chi connectivity index (χ1v) is 25.2. The van der Waals surface area contributed by atoms with Crippen molar-refractivity contribution in [1.82, 2.24) is 0 Å². The first kappa shape index (κ1) is 57.3. The van der Waals surface area contributed by atoms with Crippen LogP contribution in [-0.2, 0) is 33.3 Å². The SMILES string of the molecule is CCCCCCCCCCCCCCCCCCCCCC(=O)OC(COC(=O)CCCCCCCCCCCCCCCCC)COC(OCC[N+](C)(C)C)C(=O)[O-]. The fourth-order valence-corrected chi connectivity index (χ4v) is 7.42. The zero-order valence-corrected chi connectivity index (χ0v) is 39.7. The second kappa shape index (κ2) is 43.0. The Bertz CT molecular complexity index is 938. The number of carboxylic acids is 1. The maximum atomic E-state index is 12.8. The topological polar surface area (TPSA) is 111 Å². The molecule has 2 atom stereocenters. The molecule has 0 spiro atoms. The molecule has 0 amide bonds. The van der Waals surface area contributed by atoms with Crippen molar-refractivity contribution in [2.75, 3.05) is 47.5 Å². The van der Waals surface area contributed by atoms with Gasteiger partial charge in [-0.2, -0.15) is 0 Å². The lowest BCUT2D eigenvalue weighted by molar-refractivity contribution is -0.870. The highest BCUT2D eigenvalue weighted by Crippen LogP contribution is 2.17. The summed E-state index contributed by atoms with van der Waals surface area (Å²) in [5, 5.41) is 11.7. The normalized spacial score (nSPS) is 12.8. The Morgan fingerprint density at radius 2 is 0.763 bits per heavy atom. The molecule has 0 aromatic heterocycles. The van der Waals surface area contributed by atoms with Gasteiger partial charge < -0.3 is 33.3 Å². The van der Waals surface area contributed by atoms with E-state index in [4.69, 9.17) is 18.9 Å². The van der Waals surface area contributed by atoms with Crippen LogP contribution in [0.4, 0.5) is 0 Å². The van der Waals surface area contributed by atoms with Gasteiger partial charge in [0.25, 0.3) is 0 Å². The fourth-order valence-electron chi connectivity index (χ4n) is 7.42. The van der Waals surface area contributed by atoms with Gasteiger partial charge in [0.2, 0.25) is 0 Å². The van der Waals surface area contributed by atoms with Crippen LogP contribution in [0.2, 0.25) is 0 Å². The number of carbonyl (C=O) groups is 3. The lowest BCUT2D eigenvalue weighted by Crippen LogP contribution is -2.44. The molecular weight excluding hydrogens is 743 g/mol. The van der Waals surface area contributed by atoms with Gasteiger partial charge in [-0.25, -0.2) is 0 Å². The van der Waals surface area contributed by atoms with Crippen molar-refractivity contribution in [3.8, 4) is 0 Å². The average molecular weight is 840 g/mol. The number of nitrogens with zero attached hydrogens (tertiary/aromatic N) is 1. The molecule has 0 aromatic carbocycles. The van der Waals surface area contributed by atoms with Crippen LogP contribution in [0.15, 0.2) is 0 Å². The molecule has 0 saturated carbocycles. The average Bonchev–Trinajstić information content (AvgIpc) is 3.19. The van der Waals surface area contributed by atoms with E-state index in [9.17, 15) is 19.5 Å². The molecular formula is C50H97NO8. The third-order valence-corrected chi connectivity index (χ3v) is 11.4. The number of ether oxygens (including phenoxy) is 4. The molecule has 2 unspecified atom stereocenters. The molecule has 350 valence electrons. The van der Waals surface area contributed by atoms with Crippen LogP contribution in [0.25, 0.3) is 0 Å². The van der Waals surface area contributed by atoms with Crippen molar-refractivity contribution in [3.63, 3.8) is 0 Å². The molecule has 0 heterocycles. The number of likely N-dealkylation sites (N-methyl/N-ethyl adjacent to an activating group) is 1. The highest BCUT2D eigenvalue weighted by atomic mass is 16.7. The molecule has 0 radical (unpaired) electrons. The summed E-state index contributed by atoms with van der Waals surface area (Å²) in [5.41, 5.74) is 0. The third kappa shape index (κ3) is 44.2. The summed E-state index contributed by atoms with van der Waals surface area (Å²) in [7, 11) is 5.92. The molecule has 0 aliphatic rings. The summed E-state index contributed by atoms with van der Waals surface area (Å²) in [6.07, 6.45) is 41.3. The van der Waals surface area contributed by atoms with Gasteiger partial charge >= 0.3 is 11.9 Å². The Kier molecular flexibility index (Phi) is 41.7. The maximum absolute atomic E-state index is 12.8. The van der Waals surface area contributed by atoms with Gasteiger partial charge in [-0.1, -0.05) is 219 Å². The Morgan fingerprint density at radius 3 is 1.08 bits per heavy atom. The van der Waals surface area contributed by atoms with Gasteiger partial charge in [-0.3, -0.25) is 9.59 Å². The van der Waals surface area contributed by atoms with Crippen LogP contribution in [0.1, 0.15) is 245 Å². The molecule has 0 bridgehead atoms. The van der Waals surface area contributed by atoms with Gasteiger partial charge in [0.05, 0.1) is 40.3 Å². The van der Waals surface area contributed by atoms with Gasteiger partial charge in [0.1, 0.15) is 13.2 Å². The number of hydrogen-bond donors (Lipinski definition) is 0. The minimum atomic E-state index is -1.61. The molecule has 9 heteroatoms. The number of quaternary nitrogens is 1. The van der Waals surface area contributed by atoms with Crippen LogP contribution < -0.4 is 5.11 Å². The van der Waals surface area contributed by atoms with E-state index in [1.54, 1.807) is 0 Å². The summed E-state index contributed by atoms with van der Waals surface area (Å²) in [6, 6.07) is 0. The summed E-state index contributed by atoms with van der Waals surface area (Å²) in [4.78, 5) is 37.1. The van der Waals surface area contributed by atoms with E-state index in [0.29, 0.717) is 17.4 Å². The van der Waals surface area contributed by atoms with Crippen molar-refractivity contribution in [3.05, 3.63) is 0 Å². The van der Waals surface area contributed by atoms with E-state index in [1.165, 1.54) is 180 Å². The summed E-state index contributed by atoms with van der Waals surface area (Å²) < 4.78 is 22.6. The minimum absolute atomic E-state index is 0.153. The number of hydrogen-bond acceptors (Lipinski definition) is 8. The Labute approximate surface area is 364 Å². The van der Waals surface area contributed by atoms with Gasteiger partial charge in [0.15, 0.2) is 12.4 Å². The van der Waals surface area contributed by atoms with Crippen molar-refractivity contribution in [1.29, 1.82) is 0 Å². The van der Waals surface area contributed by atoms with Crippen LogP contribution in [-0.4, -0.2) is 82.3 Å². The zero-order chi connectivity index (χ0) is 43.5. The summed E-state index contributed by atoms with van der Waals surface area (Å²) in [5.74, 6) is -2.26. The number of aliphatic carboxylic acids is 1. The monoisotopic (exact) mass is 840 g/mol. The van der Waals surface area contributed by atoms with E-state index < -0.39 is 24.3 Å². The molecule has 59 heavy (non-hydrogen) atoms. The lowest BCUT2D eigenvalue weighted by Gasteiger charge is -2.26. The molecule has 9 nitrogen and oxygen atoms in total. The van der Waals surface area contributed by atoms with Crippen molar-refractivity contribution >= 4 is 17.9 Å². The van der Waals surface area contributed by atoms with Crippen LogP contribution >= 0.6 is 0 Å². The van der Waals surface area contributed by atoms with E-state index in [0.717, 1.165) is 38.5 Å². The fraction of sp³-hybridized carbons (Fsp3) is 0.940. The lowest BCUT2D eigenvalue weighted by atomic mass is 10.0. The number of esters is 2. The zero-order valence-electron chi connectivity index (χ0n) is 39.7. The van der Waals surface area contributed by atoms with Crippen molar-refractivity contribution < 1.29 is 42.9 Å². The molecule has 0 saturated heterocycles. The molecule has 0 aliphatic heterocycles. The quantitative estimate of drug-likeness (QED) is 0.0258. The predicted molar refractivity (Wildman–Crippen MR) is 242 cm³/mol. The highest BCUT2D eigenvalue weighted by Gasteiger charge is 2.22. The maximum Gasteiger partial charge on any atom is 0.306 e. The largest absolute Gasteiger partial charge is 0.545 e. The van der Waals surface area contributed by atoms with Gasteiger partial charge in [-0.05, 0) is 12.8 Å². The molecule has 0 aliphatic carbocycles. The molecule has 0 fully saturated rings. The molecule has 0 N–H and O–H groups in total. The van der Waals surface area contributed by atoms with E-state index in [2.05, 4.69) is 13.8 Å². The van der Waals surface area contributed by atoms with Crippen LogP contribution in [0.5, 0.6) is 0 Å². The summed E-state index contributed by atoms with van der Waals surface area (Å²) >= 11 is 0. The Morgan fingerprint density at radius 1 is 0.441 bits per heavy atom. The minimum Gasteiger partial charge on any atom is -0.545 e. The summed E-state index contributed by atoms with van der Waals surface area (Å²) in [6.45, 7) is 4.79. The molecule has 0 rings (SSSR count). The van der Waals surface area contributed by atoms with E-state index >= 15 is 0 Å². The third-order valence-electron chi connectivity index (χ3n) is 11.4. The van der Waals surface area contributed by atoms with Crippen molar-refractivity contribution in [2.45, 2.75) is 257 Å². The smallest absolute Gasteiger partial charge is 0.306 e. The van der Waals surface area contributed by atoms with Crippen LogP contribution in [0.3, 0.4) is 0 Å². The first-order valence-electron chi connectivity index (χ1n) is 25.2. The highest BCUT2D eigenvalue weighted by molar-refractivity contribution is 5.70.